The van der Waals surface area contributed by atoms with Crippen LogP contribution in [0.4, 0.5) is 11.4 Å². The third-order valence-electron chi connectivity index (χ3n) is 6.32. The third kappa shape index (κ3) is 4.98. The minimum absolute atomic E-state index is 0.160. The van der Waals surface area contributed by atoms with Crippen LogP contribution in [0.5, 0.6) is 0 Å². The van der Waals surface area contributed by atoms with Gasteiger partial charge in [-0.1, -0.05) is 35.9 Å². The van der Waals surface area contributed by atoms with E-state index in [9.17, 15) is 4.79 Å². The fourth-order valence-electron chi connectivity index (χ4n) is 4.47. The van der Waals surface area contributed by atoms with Crippen molar-refractivity contribution in [1.29, 1.82) is 0 Å². The van der Waals surface area contributed by atoms with Crippen LogP contribution >= 0.6 is 22.9 Å². The van der Waals surface area contributed by atoms with E-state index >= 15 is 0 Å². The Hall–Kier alpha value is -3.13. The number of carbonyl (C=O) groups is 1. The molecule has 35 heavy (non-hydrogen) atoms. The number of anilines is 2. The number of nitrogens with two attached hydrogens (primary N) is 1. The lowest BCUT2D eigenvalue weighted by Gasteiger charge is -2.31. The molecule has 0 saturated carbocycles. The number of benzene rings is 2. The van der Waals surface area contributed by atoms with Gasteiger partial charge >= 0.3 is 0 Å². The molecule has 0 spiro atoms. The lowest BCUT2D eigenvalue weighted by molar-refractivity contribution is 0.0959. The molecule has 8 heteroatoms. The first-order valence-electron chi connectivity index (χ1n) is 11.8. The highest BCUT2D eigenvalue weighted by molar-refractivity contribution is 7.21. The first-order chi connectivity index (χ1) is 17.0. The summed E-state index contributed by atoms with van der Waals surface area (Å²) >= 11 is 7.93. The second-order valence-corrected chi connectivity index (χ2v) is 10.1. The number of hydrogen-bond donors (Lipinski definition) is 3. The number of nitrogens with one attached hydrogen (secondary N) is 2. The van der Waals surface area contributed by atoms with Crippen LogP contribution in [-0.2, 0) is 6.42 Å². The number of amides is 1. The smallest absolute Gasteiger partial charge is 0.263 e. The maximum absolute atomic E-state index is 12.9. The first kappa shape index (κ1) is 23.6. The Labute approximate surface area is 214 Å². The highest BCUT2D eigenvalue weighted by atomic mass is 35.5. The van der Waals surface area contributed by atoms with Crippen molar-refractivity contribution in [3.05, 3.63) is 75.8 Å². The molecule has 0 aliphatic carbocycles. The Morgan fingerprint density at radius 3 is 2.74 bits per heavy atom. The van der Waals surface area contributed by atoms with Crippen molar-refractivity contribution in [3.8, 4) is 11.1 Å². The van der Waals surface area contributed by atoms with Crippen molar-refractivity contribution >= 4 is 50.4 Å². The van der Waals surface area contributed by atoms with E-state index in [0.717, 1.165) is 63.8 Å². The quantitative estimate of drug-likeness (QED) is 0.347. The molecule has 1 amide bonds. The van der Waals surface area contributed by atoms with Gasteiger partial charge in [-0.25, -0.2) is 4.98 Å². The molecule has 5 rings (SSSR count). The Morgan fingerprint density at radius 1 is 1.14 bits per heavy atom. The average Bonchev–Trinajstić information content (AvgIpc) is 3.20. The number of thiophene rings is 1. The summed E-state index contributed by atoms with van der Waals surface area (Å²) in [5, 5.41) is 8.01. The zero-order valence-corrected chi connectivity index (χ0v) is 21.2. The lowest BCUT2D eigenvalue weighted by atomic mass is 9.98. The number of rotatable bonds is 6. The van der Waals surface area contributed by atoms with Gasteiger partial charge in [0, 0.05) is 65.6 Å². The molecule has 3 heterocycles. The zero-order chi connectivity index (χ0) is 24.4. The second kappa shape index (κ2) is 10.2. The summed E-state index contributed by atoms with van der Waals surface area (Å²) in [7, 11) is 0. The van der Waals surface area contributed by atoms with Gasteiger partial charge in [0.25, 0.3) is 5.91 Å². The number of fused-ring (bicyclic) bond motifs is 1. The maximum Gasteiger partial charge on any atom is 0.263 e. The fraction of sp³-hybridized carbons (Fsp3) is 0.259. The van der Waals surface area contributed by atoms with Gasteiger partial charge < -0.3 is 21.3 Å². The van der Waals surface area contributed by atoms with Crippen LogP contribution in [0.15, 0.2) is 54.6 Å². The highest BCUT2D eigenvalue weighted by Crippen LogP contribution is 2.36. The number of nitrogens with zero attached hydrogens (tertiary/aromatic N) is 2. The van der Waals surface area contributed by atoms with Crippen LogP contribution < -0.4 is 21.3 Å². The number of hydrogen-bond acceptors (Lipinski definition) is 6. The predicted molar refractivity (Wildman–Crippen MR) is 147 cm³/mol. The molecule has 4 N–H and O–H groups in total. The molecule has 180 valence electrons. The van der Waals surface area contributed by atoms with Crippen LogP contribution in [-0.4, -0.2) is 43.6 Å². The highest BCUT2D eigenvalue weighted by Gasteiger charge is 2.19. The SMILES string of the molecule is Cc1ccc2c(N)c(C(=O)NCCc3ccc(N4CCNCC4)c(-c4ccccc4Cl)c3)sc2n1. The van der Waals surface area contributed by atoms with Gasteiger partial charge in [-0.3, -0.25) is 4.79 Å². The molecule has 0 unspecified atom stereocenters. The van der Waals surface area contributed by atoms with Crippen molar-refractivity contribution in [2.45, 2.75) is 13.3 Å². The number of aromatic nitrogens is 1. The van der Waals surface area contributed by atoms with E-state index in [4.69, 9.17) is 17.3 Å². The third-order valence-corrected chi connectivity index (χ3v) is 7.76. The van der Waals surface area contributed by atoms with E-state index in [-0.39, 0.29) is 5.91 Å². The van der Waals surface area contributed by atoms with Gasteiger partial charge in [0.15, 0.2) is 0 Å². The molecule has 0 radical (unpaired) electrons. The first-order valence-corrected chi connectivity index (χ1v) is 13.0. The summed E-state index contributed by atoms with van der Waals surface area (Å²) in [6.07, 6.45) is 0.702. The molecule has 0 bridgehead atoms. The van der Waals surface area contributed by atoms with E-state index in [1.807, 2.05) is 37.3 Å². The van der Waals surface area contributed by atoms with Gasteiger partial charge in [-0.15, -0.1) is 11.3 Å². The number of halogens is 1. The summed E-state index contributed by atoms with van der Waals surface area (Å²) < 4.78 is 0. The molecule has 2 aromatic carbocycles. The lowest BCUT2D eigenvalue weighted by Crippen LogP contribution is -2.43. The van der Waals surface area contributed by atoms with Gasteiger partial charge in [0.2, 0.25) is 0 Å². The fourth-order valence-corrected chi connectivity index (χ4v) is 5.77. The topological polar surface area (TPSA) is 83.3 Å². The Morgan fingerprint density at radius 2 is 1.94 bits per heavy atom. The number of pyridine rings is 1. The van der Waals surface area contributed by atoms with E-state index < -0.39 is 0 Å². The van der Waals surface area contributed by atoms with E-state index in [0.29, 0.717) is 23.5 Å². The van der Waals surface area contributed by atoms with Crippen LogP contribution in [0, 0.1) is 6.92 Å². The van der Waals surface area contributed by atoms with Crippen molar-refractivity contribution in [2.24, 2.45) is 0 Å². The number of piperazine rings is 1. The van der Waals surface area contributed by atoms with Gasteiger partial charge in [-0.2, -0.15) is 0 Å². The zero-order valence-electron chi connectivity index (χ0n) is 19.6. The van der Waals surface area contributed by atoms with Crippen molar-refractivity contribution < 1.29 is 4.79 Å². The van der Waals surface area contributed by atoms with Crippen LogP contribution in [0.25, 0.3) is 21.3 Å². The standard InChI is InChI=1S/C27H28ClN5OS/c1-17-6-8-20-24(29)25(35-27(20)32-17)26(34)31-11-10-18-7-9-23(33-14-12-30-13-15-33)21(16-18)19-4-2-3-5-22(19)28/h2-9,16,30H,10-15,29H2,1H3,(H,31,34). The molecule has 0 atom stereocenters. The van der Waals surface area contributed by atoms with E-state index in [2.05, 4.69) is 44.8 Å². The van der Waals surface area contributed by atoms with Crippen molar-refractivity contribution in [1.82, 2.24) is 15.6 Å². The van der Waals surface area contributed by atoms with Crippen LogP contribution in [0.2, 0.25) is 5.02 Å². The summed E-state index contributed by atoms with van der Waals surface area (Å²) in [6.45, 7) is 6.28. The van der Waals surface area contributed by atoms with Crippen molar-refractivity contribution in [2.75, 3.05) is 43.4 Å². The molecule has 2 aromatic heterocycles. The monoisotopic (exact) mass is 505 g/mol. The Bertz CT molecular complexity index is 1380. The summed E-state index contributed by atoms with van der Waals surface area (Å²) in [6, 6.07) is 18.3. The van der Waals surface area contributed by atoms with Crippen LogP contribution in [0.3, 0.4) is 0 Å². The molecule has 1 saturated heterocycles. The van der Waals surface area contributed by atoms with E-state index in [1.165, 1.54) is 17.0 Å². The minimum atomic E-state index is -0.160. The summed E-state index contributed by atoms with van der Waals surface area (Å²) in [5.41, 5.74) is 12.1. The normalized spacial score (nSPS) is 13.8. The van der Waals surface area contributed by atoms with Gasteiger partial charge in [0.05, 0.1) is 5.69 Å². The van der Waals surface area contributed by atoms with Gasteiger partial charge in [0.1, 0.15) is 9.71 Å². The average molecular weight is 506 g/mol. The molecule has 1 fully saturated rings. The van der Waals surface area contributed by atoms with E-state index in [1.54, 1.807) is 0 Å². The summed E-state index contributed by atoms with van der Waals surface area (Å²) in [4.78, 5) is 21.1. The molecule has 1 aliphatic rings. The number of aryl methyl sites for hydroxylation is 1. The number of carbonyl (C=O) groups excluding carboxylic acids is 1. The second-order valence-electron chi connectivity index (χ2n) is 8.72. The molecule has 6 nitrogen and oxygen atoms in total. The van der Waals surface area contributed by atoms with Gasteiger partial charge in [-0.05, 0) is 49.2 Å². The Balaban J connectivity index is 1.34. The number of nitrogen functional groups attached to an aromatic ring is 1. The molecule has 1 aliphatic heterocycles. The van der Waals surface area contributed by atoms with Crippen LogP contribution in [0.1, 0.15) is 20.9 Å². The largest absolute Gasteiger partial charge is 0.397 e. The molecule has 4 aromatic rings. The summed E-state index contributed by atoms with van der Waals surface area (Å²) in [5.74, 6) is -0.160. The Kier molecular flexibility index (Phi) is 6.90. The predicted octanol–water partition coefficient (Wildman–Crippen LogP) is 4.89. The minimum Gasteiger partial charge on any atom is -0.397 e. The molecular formula is C27H28ClN5OS. The maximum atomic E-state index is 12.9. The molecular weight excluding hydrogens is 478 g/mol. The van der Waals surface area contributed by atoms with Crippen molar-refractivity contribution in [3.63, 3.8) is 0 Å².